The molecule has 34 heavy (non-hydrogen) atoms. The topological polar surface area (TPSA) is 21.8 Å². The van der Waals surface area contributed by atoms with Gasteiger partial charge in [0.15, 0.2) is 0 Å². The predicted octanol–water partition coefficient (Wildman–Crippen LogP) is 7.52. The van der Waals surface area contributed by atoms with Crippen molar-refractivity contribution in [2.75, 3.05) is 13.2 Å². The first kappa shape index (κ1) is 21.1. The Hall–Kier alpha value is -1.02. The Kier molecular flexibility index (Phi) is 4.51. The van der Waals surface area contributed by atoms with Gasteiger partial charge in [0.25, 0.3) is 0 Å². The molecule has 1 heterocycles. The number of rotatable bonds is 6. The van der Waals surface area contributed by atoms with Crippen molar-refractivity contribution < 1.29 is 9.47 Å². The lowest BCUT2D eigenvalue weighted by molar-refractivity contribution is -0.0176. The van der Waals surface area contributed by atoms with E-state index in [1.54, 1.807) is 5.56 Å². The van der Waals surface area contributed by atoms with Crippen LogP contribution in [0.2, 0.25) is 0 Å². The minimum absolute atomic E-state index is 0.325. The van der Waals surface area contributed by atoms with Crippen LogP contribution >= 0.6 is 0 Å². The first-order valence-electron chi connectivity index (χ1n) is 14.9. The monoisotopic (exact) mass is 460 g/mol. The van der Waals surface area contributed by atoms with E-state index in [4.69, 9.17) is 9.47 Å². The summed E-state index contributed by atoms with van der Waals surface area (Å²) in [5.74, 6) is 7.68. The maximum absolute atomic E-state index is 6.58. The van der Waals surface area contributed by atoms with Crippen LogP contribution in [0, 0.1) is 35.5 Å². The Morgan fingerprint density at radius 1 is 0.735 bits per heavy atom. The number of benzene rings is 1. The Bertz CT molecular complexity index is 914. The molecule has 1 atom stereocenters. The van der Waals surface area contributed by atoms with Crippen LogP contribution in [0.3, 0.4) is 0 Å². The van der Waals surface area contributed by atoms with Crippen LogP contribution in [-0.4, -0.2) is 19.3 Å². The smallest absolute Gasteiger partial charge is 0.123 e. The molecule has 1 unspecified atom stereocenters. The lowest BCUT2D eigenvalue weighted by atomic mass is 9.44. The zero-order valence-electron chi connectivity index (χ0n) is 21.5. The van der Waals surface area contributed by atoms with E-state index in [0.717, 1.165) is 48.7 Å². The highest BCUT2D eigenvalue weighted by Gasteiger charge is 2.57. The molecule has 1 aromatic carbocycles. The van der Waals surface area contributed by atoms with Crippen LogP contribution in [0.1, 0.15) is 114 Å². The zero-order valence-corrected chi connectivity index (χ0v) is 21.5. The van der Waals surface area contributed by atoms with Crippen molar-refractivity contribution in [2.24, 2.45) is 35.5 Å². The van der Waals surface area contributed by atoms with Crippen molar-refractivity contribution in [3.05, 3.63) is 28.8 Å². The Labute approximate surface area is 206 Å². The van der Waals surface area contributed by atoms with Crippen LogP contribution in [0.5, 0.6) is 5.75 Å². The fourth-order valence-electron chi connectivity index (χ4n) is 11.3. The maximum Gasteiger partial charge on any atom is 0.123 e. The van der Waals surface area contributed by atoms with Gasteiger partial charge in [-0.1, -0.05) is 19.9 Å². The van der Waals surface area contributed by atoms with Gasteiger partial charge in [-0.05, 0) is 152 Å². The van der Waals surface area contributed by atoms with E-state index in [-0.39, 0.29) is 0 Å². The molecule has 1 aliphatic heterocycles. The average Bonchev–Trinajstić information content (AvgIpc) is 3.60. The van der Waals surface area contributed by atoms with Crippen LogP contribution in [0.25, 0.3) is 0 Å². The third kappa shape index (κ3) is 3.22. The Morgan fingerprint density at radius 3 is 1.53 bits per heavy atom. The minimum atomic E-state index is 0.325. The standard InChI is InChI=1S/C32H44O2/c1-19(2)27-9-28(31-11-20-3-21(12-31)5-22(4-20)13-31)29(10-30(27)34-18-26-17-33-26)32-14-23-6-24(15-32)8-25(7-23)16-32/h9-10,19-26H,3-8,11-18H2,1-2H3. The van der Waals surface area contributed by atoms with Crippen molar-refractivity contribution in [1.82, 2.24) is 0 Å². The van der Waals surface area contributed by atoms with E-state index >= 15 is 0 Å². The summed E-state index contributed by atoms with van der Waals surface area (Å²) in [6.45, 7) is 6.37. The minimum Gasteiger partial charge on any atom is -0.490 e. The average molecular weight is 461 g/mol. The van der Waals surface area contributed by atoms with E-state index in [0.29, 0.717) is 22.9 Å². The molecule has 9 aliphatic rings. The lowest BCUT2D eigenvalue weighted by Gasteiger charge is -2.61. The van der Waals surface area contributed by atoms with Crippen molar-refractivity contribution in [3.8, 4) is 5.75 Å². The molecule has 1 aromatic rings. The summed E-state index contributed by atoms with van der Waals surface area (Å²) in [6.07, 6.45) is 18.3. The quantitative estimate of drug-likeness (QED) is 0.409. The Balaban J connectivity index is 1.29. The van der Waals surface area contributed by atoms with Crippen LogP contribution in [0.15, 0.2) is 12.1 Å². The summed E-state index contributed by atoms with van der Waals surface area (Å²) in [5, 5.41) is 0. The van der Waals surface area contributed by atoms with Crippen LogP contribution < -0.4 is 4.74 Å². The van der Waals surface area contributed by atoms with Crippen molar-refractivity contribution in [2.45, 2.75) is 114 Å². The van der Waals surface area contributed by atoms with Gasteiger partial charge in [0.05, 0.1) is 6.61 Å². The van der Waals surface area contributed by atoms with Crippen molar-refractivity contribution >= 4 is 0 Å². The fraction of sp³-hybridized carbons (Fsp3) is 0.812. The van der Waals surface area contributed by atoms with E-state index in [1.807, 2.05) is 5.56 Å². The molecular formula is C32H44O2. The van der Waals surface area contributed by atoms with Gasteiger partial charge in [-0.3, -0.25) is 0 Å². The first-order valence-corrected chi connectivity index (χ1v) is 14.9. The van der Waals surface area contributed by atoms with E-state index in [1.165, 1.54) is 88.4 Å². The van der Waals surface area contributed by atoms with Crippen molar-refractivity contribution in [1.29, 1.82) is 0 Å². The number of hydrogen-bond acceptors (Lipinski definition) is 2. The molecule has 8 saturated carbocycles. The fourth-order valence-corrected chi connectivity index (χ4v) is 11.3. The highest BCUT2D eigenvalue weighted by Crippen LogP contribution is 2.66. The molecule has 8 bridgehead atoms. The summed E-state index contributed by atoms with van der Waals surface area (Å²) in [6, 6.07) is 5.37. The molecule has 2 heteroatoms. The summed E-state index contributed by atoms with van der Waals surface area (Å²) < 4.78 is 12.1. The molecule has 10 rings (SSSR count). The molecule has 1 saturated heterocycles. The summed E-state index contributed by atoms with van der Waals surface area (Å²) in [5.41, 5.74) is 5.99. The van der Waals surface area contributed by atoms with Gasteiger partial charge >= 0.3 is 0 Å². The lowest BCUT2D eigenvalue weighted by Crippen LogP contribution is -2.52. The summed E-state index contributed by atoms with van der Waals surface area (Å²) in [4.78, 5) is 0. The molecule has 2 nitrogen and oxygen atoms in total. The van der Waals surface area contributed by atoms with Crippen molar-refractivity contribution in [3.63, 3.8) is 0 Å². The van der Waals surface area contributed by atoms with Gasteiger partial charge < -0.3 is 9.47 Å². The van der Waals surface area contributed by atoms with Gasteiger partial charge in [0, 0.05) is 0 Å². The van der Waals surface area contributed by atoms with E-state index in [9.17, 15) is 0 Å². The molecule has 184 valence electrons. The molecule has 0 spiro atoms. The molecule has 9 fully saturated rings. The van der Waals surface area contributed by atoms with Gasteiger partial charge in [0.2, 0.25) is 0 Å². The van der Waals surface area contributed by atoms with Crippen LogP contribution in [0.4, 0.5) is 0 Å². The van der Waals surface area contributed by atoms with Gasteiger partial charge in [-0.25, -0.2) is 0 Å². The predicted molar refractivity (Wildman–Crippen MR) is 135 cm³/mol. The van der Waals surface area contributed by atoms with Gasteiger partial charge in [0.1, 0.15) is 18.5 Å². The molecule has 0 amide bonds. The first-order chi connectivity index (χ1) is 16.5. The van der Waals surface area contributed by atoms with E-state index < -0.39 is 0 Å². The highest BCUT2D eigenvalue weighted by atomic mass is 16.6. The summed E-state index contributed by atoms with van der Waals surface area (Å²) in [7, 11) is 0. The largest absolute Gasteiger partial charge is 0.490 e. The maximum atomic E-state index is 6.58. The molecule has 0 radical (unpaired) electrons. The second kappa shape index (κ2) is 7.27. The third-order valence-electron chi connectivity index (χ3n) is 11.8. The molecular weight excluding hydrogens is 416 g/mol. The normalized spacial score (nSPS) is 47.6. The third-order valence-corrected chi connectivity index (χ3v) is 11.8. The highest BCUT2D eigenvalue weighted by molar-refractivity contribution is 5.52. The Morgan fingerprint density at radius 2 is 1.15 bits per heavy atom. The van der Waals surface area contributed by atoms with E-state index in [2.05, 4.69) is 26.0 Å². The SMILES string of the molecule is CC(C)c1cc(C23CC4CC(CC(C4)C2)C3)c(C23CC4CC(CC(C4)C2)C3)cc1OCC1CO1. The number of epoxide rings is 1. The molecule has 0 N–H and O–H groups in total. The molecule has 0 aromatic heterocycles. The van der Waals surface area contributed by atoms with Gasteiger partial charge in [-0.2, -0.15) is 0 Å². The number of ether oxygens (including phenoxy) is 2. The zero-order chi connectivity index (χ0) is 22.7. The van der Waals surface area contributed by atoms with Crippen LogP contribution in [-0.2, 0) is 15.6 Å². The second-order valence-electron chi connectivity index (χ2n) is 14.8. The summed E-state index contributed by atoms with van der Waals surface area (Å²) >= 11 is 0. The van der Waals surface area contributed by atoms with Gasteiger partial charge in [-0.15, -0.1) is 0 Å². The molecule has 8 aliphatic carbocycles. The second-order valence-corrected chi connectivity index (χ2v) is 14.8. The number of hydrogen-bond donors (Lipinski definition) is 0.